The van der Waals surface area contributed by atoms with E-state index in [-0.39, 0.29) is 0 Å². The van der Waals surface area contributed by atoms with Crippen molar-refractivity contribution in [3.8, 4) is 0 Å². The molecule has 0 aliphatic rings. The van der Waals surface area contributed by atoms with Crippen molar-refractivity contribution in [1.29, 1.82) is 0 Å². The summed E-state index contributed by atoms with van der Waals surface area (Å²) < 4.78 is 0. The Hall–Kier alpha value is -0.860. The van der Waals surface area contributed by atoms with Crippen molar-refractivity contribution in [3.05, 3.63) is 35.9 Å². The molecule has 1 N–H and O–H groups in total. The molecular weight excluding hydrogens is 256 g/mol. The number of nitrogens with zero attached hydrogens (tertiary/aromatic N) is 1. The minimum absolute atomic E-state index is 0.522. The Kier molecular flexibility index (Phi) is 9.36. The Morgan fingerprint density at radius 3 is 2.38 bits per heavy atom. The highest BCUT2D eigenvalue weighted by Crippen LogP contribution is 2.19. The smallest absolute Gasteiger partial charge is 0.0320 e. The van der Waals surface area contributed by atoms with Gasteiger partial charge in [0.25, 0.3) is 0 Å². The molecule has 0 fully saturated rings. The van der Waals surface area contributed by atoms with E-state index in [9.17, 15) is 0 Å². The molecular formula is C19H34N2. The average Bonchev–Trinajstić information content (AvgIpc) is 2.50. The summed E-state index contributed by atoms with van der Waals surface area (Å²) in [6.45, 7) is 9.10. The molecule has 1 rings (SSSR count). The first-order valence-electron chi connectivity index (χ1n) is 8.63. The number of benzene rings is 1. The van der Waals surface area contributed by atoms with Crippen LogP contribution in [0.2, 0.25) is 0 Å². The number of unbranched alkanes of at least 4 members (excludes halogenated alkanes) is 2. The van der Waals surface area contributed by atoms with Crippen LogP contribution >= 0.6 is 0 Å². The second-order valence-corrected chi connectivity index (χ2v) is 6.34. The molecule has 0 spiro atoms. The number of hydrogen-bond acceptors (Lipinski definition) is 2. The molecule has 0 bridgehead atoms. The van der Waals surface area contributed by atoms with Crippen LogP contribution in [-0.4, -0.2) is 31.1 Å². The Labute approximate surface area is 131 Å². The molecule has 0 heterocycles. The van der Waals surface area contributed by atoms with Gasteiger partial charge in [0.05, 0.1) is 0 Å². The van der Waals surface area contributed by atoms with E-state index < -0.39 is 0 Å². The molecule has 0 saturated heterocycles. The van der Waals surface area contributed by atoms with Gasteiger partial charge in [0, 0.05) is 12.1 Å². The predicted molar refractivity (Wildman–Crippen MR) is 93.7 cm³/mol. The van der Waals surface area contributed by atoms with Gasteiger partial charge in [-0.2, -0.15) is 0 Å². The zero-order chi connectivity index (χ0) is 15.5. The molecule has 0 aliphatic heterocycles. The minimum Gasteiger partial charge on any atom is -0.310 e. The molecule has 0 amide bonds. The summed E-state index contributed by atoms with van der Waals surface area (Å²) in [5.74, 6) is 0. The fraction of sp³-hybridized carbons (Fsp3) is 0.684. The van der Waals surface area contributed by atoms with Crippen LogP contribution in [0.15, 0.2) is 30.3 Å². The molecule has 1 aromatic rings. The molecule has 0 saturated carbocycles. The van der Waals surface area contributed by atoms with Crippen molar-refractivity contribution >= 4 is 0 Å². The molecule has 1 atom stereocenters. The van der Waals surface area contributed by atoms with Crippen molar-refractivity contribution in [1.82, 2.24) is 10.2 Å². The Morgan fingerprint density at radius 2 is 1.76 bits per heavy atom. The summed E-state index contributed by atoms with van der Waals surface area (Å²) in [4.78, 5) is 2.42. The lowest BCUT2D eigenvalue weighted by molar-refractivity contribution is 0.267. The van der Waals surface area contributed by atoms with Crippen molar-refractivity contribution in [2.24, 2.45) is 0 Å². The summed E-state index contributed by atoms with van der Waals surface area (Å²) in [5, 5.41) is 3.76. The van der Waals surface area contributed by atoms with Gasteiger partial charge in [-0.1, -0.05) is 50.1 Å². The van der Waals surface area contributed by atoms with Crippen LogP contribution in [0.4, 0.5) is 0 Å². The van der Waals surface area contributed by atoms with Crippen LogP contribution < -0.4 is 5.32 Å². The largest absolute Gasteiger partial charge is 0.310 e. The van der Waals surface area contributed by atoms with Gasteiger partial charge < -0.3 is 10.2 Å². The van der Waals surface area contributed by atoms with Crippen molar-refractivity contribution < 1.29 is 0 Å². The third-order valence-corrected chi connectivity index (χ3v) is 4.26. The van der Waals surface area contributed by atoms with E-state index in [0.717, 1.165) is 6.54 Å². The molecule has 2 nitrogen and oxygen atoms in total. The molecule has 0 aromatic heterocycles. The third kappa shape index (κ3) is 7.63. The van der Waals surface area contributed by atoms with Gasteiger partial charge in [-0.05, 0) is 58.8 Å². The molecule has 0 radical (unpaired) electrons. The summed E-state index contributed by atoms with van der Waals surface area (Å²) in [6, 6.07) is 12.1. The van der Waals surface area contributed by atoms with Gasteiger partial charge in [-0.3, -0.25) is 0 Å². The second-order valence-electron chi connectivity index (χ2n) is 6.34. The van der Waals surface area contributed by atoms with Gasteiger partial charge in [-0.25, -0.2) is 0 Å². The Balaban J connectivity index is 2.30. The maximum absolute atomic E-state index is 3.76. The number of rotatable bonds is 11. The predicted octanol–water partition coefficient (Wildman–Crippen LogP) is 4.63. The average molecular weight is 290 g/mol. The van der Waals surface area contributed by atoms with Crippen LogP contribution in [0.25, 0.3) is 0 Å². The number of hydrogen-bond donors (Lipinski definition) is 1. The van der Waals surface area contributed by atoms with Crippen molar-refractivity contribution in [3.63, 3.8) is 0 Å². The van der Waals surface area contributed by atoms with E-state index in [2.05, 4.69) is 68.4 Å². The Bertz CT molecular complexity index is 348. The van der Waals surface area contributed by atoms with Crippen LogP contribution in [-0.2, 0) is 0 Å². The van der Waals surface area contributed by atoms with E-state index in [1.165, 1.54) is 44.2 Å². The lowest BCUT2D eigenvalue weighted by atomic mass is 10.0. The van der Waals surface area contributed by atoms with Gasteiger partial charge in [-0.15, -0.1) is 0 Å². The molecule has 1 unspecified atom stereocenters. The van der Waals surface area contributed by atoms with Crippen LogP contribution in [0, 0.1) is 0 Å². The SMILES string of the molecule is CCCCC(NCCCCN(C)C(C)C)c1ccccc1. The quantitative estimate of drug-likeness (QED) is 0.598. The normalized spacial score (nSPS) is 13.0. The lowest BCUT2D eigenvalue weighted by Gasteiger charge is -2.22. The minimum atomic E-state index is 0.522. The highest BCUT2D eigenvalue weighted by atomic mass is 15.1. The zero-order valence-electron chi connectivity index (χ0n) is 14.4. The van der Waals surface area contributed by atoms with Gasteiger partial charge in [0.1, 0.15) is 0 Å². The van der Waals surface area contributed by atoms with Crippen LogP contribution in [0.3, 0.4) is 0 Å². The van der Waals surface area contributed by atoms with Gasteiger partial charge in [0.2, 0.25) is 0 Å². The topological polar surface area (TPSA) is 15.3 Å². The molecule has 120 valence electrons. The molecule has 1 aromatic carbocycles. The van der Waals surface area contributed by atoms with E-state index in [1.54, 1.807) is 0 Å². The monoisotopic (exact) mass is 290 g/mol. The lowest BCUT2D eigenvalue weighted by Crippen LogP contribution is -2.28. The van der Waals surface area contributed by atoms with Crippen molar-refractivity contribution in [2.75, 3.05) is 20.1 Å². The van der Waals surface area contributed by atoms with E-state index in [1.807, 2.05) is 0 Å². The van der Waals surface area contributed by atoms with Crippen molar-refractivity contribution in [2.45, 2.75) is 65.0 Å². The van der Waals surface area contributed by atoms with Crippen LogP contribution in [0.5, 0.6) is 0 Å². The highest BCUT2D eigenvalue weighted by Gasteiger charge is 2.09. The van der Waals surface area contributed by atoms with E-state index >= 15 is 0 Å². The third-order valence-electron chi connectivity index (χ3n) is 4.26. The summed E-state index contributed by atoms with van der Waals surface area (Å²) in [6.07, 6.45) is 6.34. The second kappa shape index (κ2) is 10.8. The highest BCUT2D eigenvalue weighted by molar-refractivity contribution is 5.18. The van der Waals surface area contributed by atoms with E-state index in [0.29, 0.717) is 12.1 Å². The molecule has 21 heavy (non-hydrogen) atoms. The summed E-state index contributed by atoms with van der Waals surface area (Å²) in [5.41, 5.74) is 1.44. The Morgan fingerprint density at radius 1 is 1.05 bits per heavy atom. The van der Waals surface area contributed by atoms with Gasteiger partial charge >= 0.3 is 0 Å². The molecule has 2 heteroatoms. The molecule has 0 aliphatic carbocycles. The maximum atomic E-state index is 3.76. The summed E-state index contributed by atoms with van der Waals surface area (Å²) in [7, 11) is 2.21. The fourth-order valence-corrected chi connectivity index (χ4v) is 2.50. The fourth-order valence-electron chi connectivity index (χ4n) is 2.50. The first-order valence-corrected chi connectivity index (χ1v) is 8.63. The van der Waals surface area contributed by atoms with Gasteiger partial charge in [0.15, 0.2) is 0 Å². The first-order chi connectivity index (χ1) is 10.1. The van der Waals surface area contributed by atoms with Crippen LogP contribution in [0.1, 0.15) is 64.5 Å². The number of nitrogens with one attached hydrogen (secondary N) is 1. The van der Waals surface area contributed by atoms with E-state index in [4.69, 9.17) is 0 Å². The maximum Gasteiger partial charge on any atom is 0.0320 e. The first kappa shape index (κ1) is 18.2. The summed E-state index contributed by atoms with van der Waals surface area (Å²) >= 11 is 0. The zero-order valence-corrected chi connectivity index (χ0v) is 14.4. The standard InChI is InChI=1S/C19H34N2/c1-5-6-14-19(18-12-8-7-9-13-18)20-15-10-11-16-21(4)17(2)3/h7-9,12-13,17,19-20H,5-6,10-11,14-16H2,1-4H3.